The summed E-state index contributed by atoms with van der Waals surface area (Å²) in [5, 5.41) is 5.08. The predicted molar refractivity (Wildman–Crippen MR) is 76.2 cm³/mol. The highest BCUT2D eigenvalue weighted by molar-refractivity contribution is 5.75. The summed E-state index contributed by atoms with van der Waals surface area (Å²) in [5.41, 5.74) is 0. The van der Waals surface area contributed by atoms with Crippen molar-refractivity contribution in [2.24, 2.45) is 0 Å². The van der Waals surface area contributed by atoms with Crippen molar-refractivity contribution >= 4 is 5.91 Å². The summed E-state index contributed by atoms with van der Waals surface area (Å²) in [6.45, 7) is 7.64. The Balaban J connectivity index is 1.55. The number of amides is 1. The van der Waals surface area contributed by atoms with Gasteiger partial charge in [-0.1, -0.05) is 6.92 Å². The van der Waals surface area contributed by atoms with Crippen molar-refractivity contribution < 1.29 is 14.4 Å². The van der Waals surface area contributed by atoms with Gasteiger partial charge in [-0.25, -0.2) is 0 Å². The minimum absolute atomic E-state index is 0.139. The molecule has 2 aliphatic rings. The Labute approximate surface area is 121 Å². The molecule has 1 saturated carbocycles. The highest BCUT2D eigenvalue weighted by atomic mass is 16.7. The molecule has 1 aliphatic carbocycles. The van der Waals surface area contributed by atoms with Gasteiger partial charge in [0.15, 0.2) is 0 Å². The van der Waals surface area contributed by atoms with Crippen molar-refractivity contribution in [3.8, 4) is 0 Å². The third-order valence-electron chi connectivity index (χ3n) is 4.02. The van der Waals surface area contributed by atoms with Crippen LogP contribution < -0.4 is 5.32 Å². The molecule has 1 aliphatic heterocycles. The first kappa shape index (κ1) is 15.7. The normalized spacial score (nSPS) is 28.1. The van der Waals surface area contributed by atoms with Gasteiger partial charge in [0, 0.05) is 52.3 Å². The second-order valence-corrected chi connectivity index (χ2v) is 5.58. The predicted octanol–water partition coefficient (Wildman–Crippen LogP) is 0.239. The van der Waals surface area contributed by atoms with E-state index >= 15 is 0 Å². The highest BCUT2D eigenvalue weighted by Crippen LogP contribution is 2.24. The van der Waals surface area contributed by atoms with Crippen LogP contribution in [-0.2, 0) is 14.4 Å². The van der Waals surface area contributed by atoms with Gasteiger partial charge in [-0.2, -0.15) is 5.06 Å². The van der Waals surface area contributed by atoms with Gasteiger partial charge in [-0.05, 0) is 12.8 Å². The number of rotatable bonds is 7. The lowest BCUT2D eigenvalue weighted by Crippen LogP contribution is -2.53. The molecule has 0 aromatic rings. The van der Waals surface area contributed by atoms with Crippen LogP contribution in [0.4, 0.5) is 0 Å². The minimum atomic E-state index is 0.139. The van der Waals surface area contributed by atoms with Gasteiger partial charge in [-0.15, -0.1) is 0 Å². The van der Waals surface area contributed by atoms with Crippen LogP contribution in [0.15, 0.2) is 0 Å². The summed E-state index contributed by atoms with van der Waals surface area (Å²) in [7, 11) is 1.74. The maximum Gasteiger partial charge on any atom is 0.219 e. The lowest BCUT2D eigenvalue weighted by atomic mass is 9.89. The maximum atomic E-state index is 11.3. The van der Waals surface area contributed by atoms with E-state index in [-0.39, 0.29) is 12.0 Å². The highest BCUT2D eigenvalue weighted by Gasteiger charge is 2.33. The van der Waals surface area contributed by atoms with E-state index in [9.17, 15) is 4.79 Å². The van der Waals surface area contributed by atoms with Gasteiger partial charge in [0.1, 0.15) is 0 Å². The fourth-order valence-electron chi connectivity index (χ4n) is 2.59. The zero-order chi connectivity index (χ0) is 14.4. The number of hydrogen-bond donors (Lipinski definition) is 1. The van der Waals surface area contributed by atoms with Gasteiger partial charge in [0.05, 0.1) is 12.7 Å². The number of nitrogens with zero attached hydrogens (tertiary/aromatic N) is 2. The first-order valence-corrected chi connectivity index (χ1v) is 7.63. The number of ether oxygens (including phenoxy) is 1. The number of methoxy groups -OCH3 is 1. The summed E-state index contributed by atoms with van der Waals surface area (Å²) < 4.78 is 5.09. The lowest BCUT2D eigenvalue weighted by molar-refractivity contribution is -0.233. The van der Waals surface area contributed by atoms with Crippen LogP contribution in [0.2, 0.25) is 0 Å². The molecule has 2 rings (SSSR count). The Kier molecular flexibility index (Phi) is 6.22. The number of piperazine rings is 1. The molecule has 6 heteroatoms. The fraction of sp³-hybridized carbons (Fsp3) is 0.929. The molecule has 20 heavy (non-hydrogen) atoms. The molecule has 1 amide bonds. The Bertz CT molecular complexity index is 300. The monoisotopic (exact) mass is 285 g/mol. The number of hydroxylamine groups is 2. The van der Waals surface area contributed by atoms with E-state index in [4.69, 9.17) is 9.57 Å². The lowest BCUT2D eigenvalue weighted by Gasteiger charge is -2.41. The largest absolute Gasteiger partial charge is 0.383 e. The molecule has 0 radical (unpaired) electrons. The van der Waals surface area contributed by atoms with E-state index in [1.165, 1.54) is 0 Å². The minimum Gasteiger partial charge on any atom is -0.383 e. The second-order valence-electron chi connectivity index (χ2n) is 5.58. The zero-order valence-electron chi connectivity index (χ0n) is 12.6. The average molecular weight is 285 g/mol. The third kappa shape index (κ3) is 4.70. The van der Waals surface area contributed by atoms with Crippen molar-refractivity contribution in [2.75, 3.05) is 46.4 Å². The molecule has 6 nitrogen and oxygen atoms in total. The number of carbonyl (C=O) groups excluding carboxylic acids is 1. The molecule has 0 atom stereocenters. The first-order chi connectivity index (χ1) is 9.71. The van der Waals surface area contributed by atoms with Crippen LogP contribution in [0.5, 0.6) is 0 Å². The average Bonchev–Trinajstić information content (AvgIpc) is 2.43. The Morgan fingerprint density at radius 2 is 1.95 bits per heavy atom. The summed E-state index contributed by atoms with van der Waals surface area (Å²) >= 11 is 0. The van der Waals surface area contributed by atoms with Gasteiger partial charge in [0.2, 0.25) is 5.91 Å². The van der Waals surface area contributed by atoms with Crippen molar-refractivity contribution in [1.82, 2.24) is 15.3 Å². The first-order valence-electron chi connectivity index (χ1n) is 7.63. The molecule has 0 spiro atoms. The summed E-state index contributed by atoms with van der Waals surface area (Å²) in [6, 6.07) is 0.315. The van der Waals surface area contributed by atoms with Crippen LogP contribution in [-0.4, -0.2) is 74.5 Å². The standard InChI is InChI=1S/C14H27N3O3/c1-3-14(18)15-12-10-13(11-12)20-17-6-4-16(5-7-17)8-9-19-2/h12-13H,3-11H2,1-2H3,(H,15,18)/t12-,13-. The fourth-order valence-corrected chi connectivity index (χ4v) is 2.59. The second kappa shape index (κ2) is 7.93. The summed E-state index contributed by atoms with van der Waals surface area (Å²) in [6.07, 6.45) is 2.72. The molecule has 0 unspecified atom stereocenters. The van der Waals surface area contributed by atoms with Crippen LogP contribution >= 0.6 is 0 Å². The van der Waals surface area contributed by atoms with Crippen molar-refractivity contribution in [3.05, 3.63) is 0 Å². The van der Waals surface area contributed by atoms with Crippen molar-refractivity contribution in [3.63, 3.8) is 0 Å². The molecule has 0 aromatic carbocycles. The Hall–Kier alpha value is -0.690. The number of nitrogens with one attached hydrogen (secondary N) is 1. The summed E-state index contributed by atoms with van der Waals surface area (Å²) in [4.78, 5) is 19.6. The van der Waals surface area contributed by atoms with Crippen molar-refractivity contribution in [2.45, 2.75) is 38.3 Å². The maximum absolute atomic E-state index is 11.3. The summed E-state index contributed by atoms with van der Waals surface area (Å²) in [5.74, 6) is 0.139. The van der Waals surface area contributed by atoms with E-state index in [1.807, 2.05) is 6.92 Å². The molecule has 1 saturated heterocycles. The number of carbonyl (C=O) groups is 1. The molecular weight excluding hydrogens is 258 g/mol. The Morgan fingerprint density at radius 1 is 1.25 bits per heavy atom. The third-order valence-corrected chi connectivity index (χ3v) is 4.02. The van der Waals surface area contributed by atoms with Gasteiger partial charge < -0.3 is 10.1 Å². The van der Waals surface area contributed by atoms with E-state index in [0.29, 0.717) is 12.5 Å². The molecule has 2 fully saturated rings. The SMILES string of the molecule is CCC(=O)N[C@H]1C[C@H](ON2CCN(CCOC)CC2)C1. The number of hydrogen-bond acceptors (Lipinski definition) is 5. The van der Waals surface area contributed by atoms with Crippen LogP contribution in [0, 0.1) is 0 Å². The van der Waals surface area contributed by atoms with Gasteiger partial charge in [0.25, 0.3) is 0 Å². The molecule has 0 aromatic heterocycles. The Morgan fingerprint density at radius 3 is 2.55 bits per heavy atom. The molecule has 1 heterocycles. The quantitative estimate of drug-likeness (QED) is 0.726. The van der Waals surface area contributed by atoms with Crippen molar-refractivity contribution in [1.29, 1.82) is 0 Å². The van der Waals surface area contributed by atoms with Crippen LogP contribution in [0.3, 0.4) is 0 Å². The van der Waals surface area contributed by atoms with Gasteiger partial charge in [-0.3, -0.25) is 14.5 Å². The molecule has 0 bridgehead atoms. The van der Waals surface area contributed by atoms with E-state index in [1.54, 1.807) is 7.11 Å². The van der Waals surface area contributed by atoms with Gasteiger partial charge >= 0.3 is 0 Å². The van der Waals surface area contributed by atoms with E-state index in [2.05, 4.69) is 15.3 Å². The molecule has 1 N–H and O–H groups in total. The molecular formula is C14H27N3O3. The smallest absolute Gasteiger partial charge is 0.219 e. The van der Waals surface area contributed by atoms with Crippen LogP contribution in [0.1, 0.15) is 26.2 Å². The van der Waals surface area contributed by atoms with E-state index < -0.39 is 0 Å². The van der Waals surface area contributed by atoms with E-state index in [0.717, 1.165) is 52.2 Å². The van der Waals surface area contributed by atoms with Crippen LogP contribution in [0.25, 0.3) is 0 Å². The topological polar surface area (TPSA) is 54.0 Å². The zero-order valence-corrected chi connectivity index (χ0v) is 12.6. The molecule has 116 valence electrons.